The third-order valence-electron chi connectivity index (χ3n) is 4.07. The molecule has 0 spiro atoms. The Bertz CT molecular complexity index is 939. The number of rotatable bonds is 9. The van der Waals surface area contributed by atoms with Crippen LogP contribution in [0.3, 0.4) is 0 Å². The van der Waals surface area contributed by atoms with Gasteiger partial charge in [0.05, 0.1) is 13.7 Å². The van der Waals surface area contributed by atoms with Gasteiger partial charge in [-0.15, -0.1) is 0 Å². The minimum atomic E-state index is -0.791. The summed E-state index contributed by atoms with van der Waals surface area (Å²) in [5.41, 5.74) is 1.16. The average molecular weight is 397 g/mol. The van der Waals surface area contributed by atoms with E-state index in [4.69, 9.17) is 18.8 Å². The van der Waals surface area contributed by atoms with Crippen LogP contribution in [0.5, 0.6) is 17.2 Å². The Morgan fingerprint density at radius 2 is 1.83 bits per heavy atom. The van der Waals surface area contributed by atoms with E-state index >= 15 is 0 Å². The molecule has 0 radical (unpaired) electrons. The van der Waals surface area contributed by atoms with Gasteiger partial charge in [-0.2, -0.15) is 0 Å². The molecule has 1 N–H and O–H groups in total. The standard InChI is InChI=1S/C21H23N3O5/c1-4-13-27-16-11-9-15(10-12-16)19-20(24-29-23-19)22-21(25)14(2)28-18-8-6-5-7-17(18)26-3/h5-12,14H,4,13H2,1-3H3,(H,22,24,25). The Labute approximate surface area is 168 Å². The lowest BCUT2D eigenvalue weighted by Crippen LogP contribution is -2.30. The molecular weight excluding hydrogens is 374 g/mol. The van der Waals surface area contributed by atoms with Crippen molar-refractivity contribution in [3.8, 4) is 28.5 Å². The lowest BCUT2D eigenvalue weighted by molar-refractivity contribution is -0.122. The van der Waals surface area contributed by atoms with E-state index < -0.39 is 12.0 Å². The number of amides is 1. The van der Waals surface area contributed by atoms with Crippen molar-refractivity contribution >= 4 is 11.7 Å². The Morgan fingerprint density at radius 1 is 1.10 bits per heavy atom. The predicted octanol–water partition coefficient (Wildman–Crippen LogP) is 3.94. The van der Waals surface area contributed by atoms with Crippen LogP contribution in [0, 0.1) is 0 Å². The molecule has 0 aliphatic carbocycles. The number of aromatic nitrogens is 2. The Balaban J connectivity index is 1.68. The van der Waals surface area contributed by atoms with Crippen LogP contribution in [0.1, 0.15) is 20.3 Å². The number of hydrogen-bond donors (Lipinski definition) is 1. The Morgan fingerprint density at radius 3 is 2.52 bits per heavy atom. The lowest BCUT2D eigenvalue weighted by atomic mass is 10.1. The summed E-state index contributed by atoms with van der Waals surface area (Å²) in [6.45, 7) is 4.33. The van der Waals surface area contributed by atoms with Crippen LogP contribution in [0.25, 0.3) is 11.3 Å². The normalized spacial score (nSPS) is 11.6. The molecule has 1 atom stereocenters. The number of para-hydroxylation sites is 2. The van der Waals surface area contributed by atoms with E-state index in [0.29, 0.717) is 23.8 Å². The number of methoxy groups -OCH3 is 1. The van der Waals surface area contributed by atoms with E-state index in [1.54, 1.807) is 32.2 Å². The van der Waals surface area contributed by atoms with Gasteiger partial charge in [0.2, 0.25) is 5.82 Å². The van der Waals surface area contributed by atoms with Crippen molar-refractivity contribution in [2.24, 2.45) is 0 Å². The second kappa shape index (κ2) is 9.59. The third kappa shape index (κ3) is 5.04. The van der Waals surface area contributed by atoms with Gasteiger partial charge < -0.3 is 19.5 Å². The molecule has 1 aromatic heterocycles. The van der Waals surface area contributed by atoms with E-state index in [9.17, 15) is 4.79 Å². The highest BCUT2D eigenvalue weighted by Crippen LogP contribution is 2.28. The van der Waals surface area contributed by atoms with Crippen molar-refractivity contribution < 1.29 is 23.6 Å². The fourth-order valence-corrected chi connectivity index (χ4v) is 2.57. The zero-order chi connectivity index (χ0) is 20.6. The first-order chi connectivity index (χ1) is 14.1. The first-order valence-corrected chi connectivity index (χ1v) is 9.28. The first kappa shape index (κ1) is 20.2. The molecule has 3 aromatic rings. The third-order valence-corrected chi connectivity index (χ3v) is 4.07. The molecule has 2 aromatic carbocycles. The summed E-state index contributed by atoms with van der Waals surface area (Å²) >= 11 is 0. The summed E-state index contributed by atoms with van der Waals surface area (Å²) in [6.07, 6.45) is 0.140. The number of ether oxygens (including phenoxy) is 3. The number of anilines is 1. The highest BCUT2D eigenvalue weighted by molar-refractivity contribution is 5.96. The molecule has 152 valence electrons. The number of nitrogens with one attached hydrogen (secondary N) is 1. The van der Waals surface area contributed by atoms with Gasteiger partial charge in [-0.25, -0.2) is 4.63 Å². The quantitative estimate of drug-likeness (QED) is 0.584. The van der Waals surface area contributed by atoms with Gasteiger partial charge in [0, 0.05) is 5.56 Å². The zero-order valence-electron chi connectivity index (χ0n) is 16.5. The maximum absolute atomic E-state index is 12.6. The van der Waals surface area contributed by atoms with Crippen LogP contribution in [0.2, 0.25) is 0 Å². The maximum Gasteiger partial charge on any atom is 0.266 e. The number of carbonyl (C=O) groups excluding carboxylic acids is 1. The SMILES string of the molecule is CCCOc1ccc(-c2nonc2NC(=O)C(C)Oc2ccccc2OC)cc1. The first-order valence-electron chi connectivity index (χ1n) is 9.28. The Kier molecular flexibility index (Phi) is 6.67. The van der Waals surface area contributed by atoms with Crippen molar-refractivity contribution in [3.63, 3.8) is 0 Å². The Hall–Kier alpha value is -3.55. The monoisotopic (exact) mass is 397 g/mol. The fraction of sp³-hybridized carbons (Fsp3) is 0.286. The lowest BCUT2D eigenvalue weighted by Gasteiger charge is -2.16. The largest absolute Gasteiger partial charge is 0.494 e. The van der Waals surface area contributed by atoms with Crippen molar-refractivity contribution in [1.29, 1.82) is 0 Å². The summed E-state index contributed by atoms with van der Waals surface area (Å²) in [5.74, 6) is 1.60. The molecule has 0 bridgehead atoms. The van der Waals surface area contributed by atoms with Gasteiger partial charge in [-0.1, -0.05) is 19.1 Å². The number of hydrogen-bond acceptors (Lipinski definition) is 7. The van der Waals surface area contributed by atoms with E-state index in [2.05, 4.69) is 15.6 Å². The molecule has 1 unspecified atom stereocenters. The molecule has 0 saturated heterocycles. The van der Waals surface area contributed by atoms with E-state index in [-0.39, 0.29) is 5.82 Å². The summed E-state index contributed by atoms with van der Waals surface area (Å²) in [5, 5.41) is 10.4. The zero-order valence-corrected chi connectivity index (χ0v) is 16.5. The molecule has 1 heterocycles. The van der Waals surface area contributed by atoms with Crippen LogP contribution in [0.4, 0.5) is 5.82 Å². The highest BCUT2D eigenvalue weighted by atomic mass is 16.6. The van der Waals surface area contributed by atoms with Gasteiger partial charge in [0.25, 0.3) is 5.91 Å². The highest BCUT2D eigenvalue weighted by Gasteiger charge is 2.21. The van der Waals surface area contributed by atoms with Gasteiger partial charge in [-0.3, -0.25) is 4.79 Å². The van der Waals surface area contributed by atoms with Crippen LogP contribution in [0.15, 0.2) is 53.2 Å². The summed E-state index contributed by atoms with van der Waals surface area (Å²) < 4.78 is 21.3. The van der Waals surface area contributed by atoms with Gasteiger partial charge in [0.1, 0.15) is 5.75 Å². The molecule has 3 rings (SSSR count). The number of nitrogens with zero attached hydrogens (tertiary/aromatic N) is 2. The minimum absolute atomic E-state index is 0.215. The molecule has 0 saturated carbocycles. The van der Waals surface area contributed by atoms with Crippen LogP contribution < -0.4 is 19.5 Å². The van der Waals surface area contributed by atoms with Crippen molar-refractivity contribution in [1.82, 2.24) is 10.3 Å². The number of benzene rings is 2. The molecule has 8 heteroatoms. The molecule has 0 aliphatic heterocycles. The second-order valence-electron chi connectivity index (χ2n) is 6.23. The second-order valence-corrected chi connectivity index (χ2v) is 6.23. The van der Waals surface area contributed by atoms with E-state index in [1.165, 1.54) is 0 Å². The van der Waals surface area contributed by atoms with Gasteiger partial charge in [0.15, 0.2) is 23.3 Å². The summed E-state index contributed by atoms with van der Waals surface area (Å²) in [6, 6.07) is 14.4. The molecule has 8 nitrogen and oxygen atoms in total. The predicted molar refractivity (Wildman–Crippen MR) is 107 cm³/mol. The summed E-state index contributed by atoms with van der Waals surface area (Å²) in [7, 11) is 1.54. The average Bonchev–Trinajstić information content (AvgIpc) is 3.21. The molecule has 1 amide bonds. The van der Waals surface area contributed by atoms with Crippen LogP contribution in [-0.2, 0) is 4.79 Å². The number of carbonyl (C=O) groups is 1. The van der Waals surface area contributed by atoms with Crippen molar-refractivity contribution in [3.05, 3.63) is 48.5 Å². The molecule has 29 heavy (non-hydrogen) atoms. The summed E-state index contributed by atoms with van der Waals surface area (Å²) in [4.78, 5) is 12.6. The van der Waals surface area contributed by atoms with E-state index in [0.717, 1.165) is 17.7 Å². The minimum Gasteiger partial charge on any atom is -0.494 e. The maximum atomic E-state index is 12.6. The fourth-order valence-electron chi connectivity index (χ4n) is 2.57. The molecular formula is C21H23N3O5. The van der Waals surface area contributed by atoms with Crippen LogP contribution in [-0.4, -0.2) is 36.0 Å². The van der Waals surface area contributed by atoms with Gasteiger partial charge >= 0.3 is 0 Å². The van der Waals surface area contributed by atoms with Gasteiger partial charge in [-0.05, 0) is 60.1 Å². The van der Waals surface area contributed by atoms with Crippen LogP contribution >= 0.6 is 0 Å². The van der Waals surface area contributed by atoms with Crippen molar-refractivity contribution in [2.75, 3.05) is 19.0 Å². The van der Waals surface area contributed by atoms with E-state index in [1.807, 2.05) is 37.3 Å². The topological polar surface area (TPSA) is 95.7 Å². The molecule has 0 fully saturated rings. The van der Waals surface area contributed by atoms with Crippen molar-refractivity contribution in [2.45, 2.75) is 26.4 Å². The molecule has 0 aliphatic rings. The smallest absolute Gasteiger partial charge is 0.266 e.